The van der Waals surface area contributed by atoms with Gasteiger partial charge in [-0.2, -0.15) is 8.78 Å². The second-order valence-electron chi connectivity index (χ2n) is 3.43. The quantitative estimate of drug-likeness (QED) is 0.901. The monoisotopic (exact) mass is 264 g/mol. The molecule has 0 heterocycles. The van der Waals surface area contributed by atoms with Crippen LogP contribution in [0.3, 0.4) is 0 Å². The molecule has 0 saturated carbocycles. The molecule has 1 aromatic carbocycles. The van der Waals surface area contributed by atoms with E-state index in [0.717, 1.165) is 12.1 Å². The molecular formula is C10H10F2O4S. The van der Waals surface area contributed by atoms with Crippen LogP contribution in [0.5, 0.6) is 0 Å². The molecule has 1 atom stereocenters. The molecule has 1 aromatic rings. The van der Waals surface area contributed by atoms with E-state index >= 15 is 0 Å². The molecule has 4 nitrogen and oxygen atoms in total. The predicted molar refractivity (Wildman–Crippen MR) is 55.7 cm³/mol. The normalized spacial score (nSPS) is 13.6. The van der Waals surface area contributed by atoms with E-state index in [-0.39, 0.29) is 0 Å². The van der Waals surface area contributed by atoms with Gasteiger partial charge in [-0.15, -0.1) is 0 Å². The van der Waals surface area contributed by atoms with Gasteiger partial charge in [0.05, 0.1) is 10.8 Å². The van der Waals surface area contributed by atoms with Gasteiger partial charge in [-0.25, -0.2) is 8.42 Å². The number of carboxylic acids is 1. The molecule has 0 aromatic heterocycles. The molecule has 0 aliphatic heterocycles. The first-order valence-corrected chi connectivity index (χ1v) is 6.16. The van der Waals surface area contributed by atoms with Crippen LogP contribution in [0.15, 0.2) is 29.2 Å². The molecular weight excluding hydrogens is 254 g/mol. The van der Waals surface area contributed by atoms with E-state index in [1.54, 1.807) is 0 Å². The Hall–Kier alpha value is -1.50. The van der Waals surface area contributed by atoms with Crippen molar-refractivity contribution in [3.05, 3.63) is 29.8 Å². The van der Waals surface area contributed by atoms with Crippen LogP contribution >= 0.6 is 0 Å². The number of aliphatic carboxylic acids is 1. The Kier molecular flexibility index (Phi) is 3.82. The Bertz CT molecular complexity index is 508. The maximum absolute atomic E-state index is 12.2. The summed E-state index contributed by atoms with van der Waals surface area (Å²) >= 11 is 0. The minimum absolute atomic E-state index is 0.353. The summed E-state index contributed by atoms with van der Waals surface area (Å²) in [5.41, 5.74) is 0.353. The average molecular weight is 264 g/mol. The third kappa shape index (κ3) is 2.79. The van der Waals surface area contributed by atoms with Crippen molar-refractivity contribution in [1.29, 1.82) is 0 Å². The first-order chi connectivity index (χ1) is 7.76. The van der Waals surface area contributed by atoms with Crippen molar-refractivity contribution in [2.75, 3.05) is 0 Å². The molecule has 0 bridgehead atoms. The number of carboxylic acid groups (broad SMARTS) is 1. The number of halogens is 2. The topological polar surface area (TPSA) is 71.4 Å². The van der Waals surface area contributed by atoms with Gasteiger partial charge in [0.1, 0.15) is 0 Å². The average Bonchev–Trinajstić information content (AvgIpc) is 2.27. The number of carbonyl (C=O) groups is 1. The largest absolute Gasteiger partial charge is 0.481 e. The van der Waals surface area contributed by atoms with Crippen LogP contribution in [0.4, 0.5) is 8.78 Å². The third-order valence-electron chi connectivity index (χ3n) is 2.31. The van der Waals surface area contributed by atoms with E-state index in [1.807, 2.05) is 0 Å². The molecule has 0 fully saturated rings. The number of hydrogen-bond acceptors (Lipinski definition) is 3. The van der Waals surface area contributed by atoms with Crippen LogP contribution in [-0.4, -0.2) is 25.3 Å². The lowest BCUT2D eigenvalue weighted by atomic mass is 10.0. The van der Waals surface area contributed by atoms with Crippen LogP contribution in [0, 0.1) is 0 Å². The van der Waals surface area contributed by atoms with Crippen LogP contribution in [0.2, 0.25) is 0 Å². The van der Waals surface area contributed by atoms with Gasteiger partial charge in [0.2, 0.25) is 9.84 Å². The molecule has 94 valence electrons. The molecule has 1 rings (SSSR count). The zero-order valence-corrected chi connectivity index (χ0v) is 9.62. The second-order valence-corrected chi connectivity index (χ2v) is 5.35. The number of benzene rings is 1. The van der Waals surface area contributed by atoms with Crippen molar-refractivity contribution in [2.45, 2.75) is 23.5 Å². The van der Waals surface area contributed by atoms with Crippen molar-refractivity contribution >= 4 is 15.8 Å². The molecule has 0 aliphatic carbocycles. The molecule has 1 unspecified atom stereocenters. The molecule has 0 spiro atoms. The lowest BCUT2D eigenvalue weighted by Gasteiger charge is -2.08. The van der Waals surface area contributed by atoms with Crippen molar-refractivity contribution < 1.29 is 27.1 Å². The van der Waals surface area contributed by atoms with Gasteiger partial charge in [0, 0.05) is 0 Å². The summed E-state index contributed by atoms with van der Waals surface area (Å²) in [7, 11) is -4.62. The Balaban J connectivity index is 3.09. The van der Waals surface area contributed by atoms with Crippen molar-refractivity contribution in [1.82, 2.24) is 0 Å². The van der Waals surface area contributed by atoms with Gasteiger partial charge in [0.25, 0.3) is 0 Å². The SMILES string of the molecule is CC(C(=O)O)c1ccc(S(=O)(=O)C(F)F)cc1. The lowest BCUT2D eigenvalue weighted by molar-refractivity contribution is -0.138. The Labute approximate surface area is 96.8 Å². The fourth-order valence-electron chi connectivity index (χ4n) is 1.19. The van der Waals surface area contributed by atoms with E-state index in [1.165, 1.54) is 19.1 Å². The summed E-state index contributed by atoms with van der Waals surface area (Å²) in [6, 6.07) is 4.40. The fourth-order valence-corrected chi connectivity index (χ4v) is 1.91. The van der Waals surface area contributed by atoms with E-state index in [2.05, 4.69) is 0 Å². The predicted octanol–water partition coefficient (Wildman–Crippen LogP) is 1.87. The highest BCUT2D eigenvalue weighted by atomic mass is 32.2. The van der Waals surface area contributed by atoms with Gasteiger partial charge in [-0.05, 0) is 24.6 Å². The fraction of sp³-hybridized carbons (Fsp3) is 0.300. The first-order valence-electron chi connectivity index (χ1n) is 4.61. The summed E-state index contributed by atoms with van der Waals surface area (Å²) < 4.78 is 46.6. The van der Waals surface area contributed by atoms with E-state index in [9.17, 15) is 22.0 Å². The second kappa shape index (κ2) is 4.79. The van der Waals surface area contributed by atoms with Crippen LogP contribution in [0.1, 0.15) is 18.4 Å². The summed E-state index contributed by atoms with van der Waals surface area (Å²) in [6.45, 7) is 1.42. The van der Waals surface area contributed by atoms with Gasteiger partial charge < -0.3 is 5.11 Å². The number of rotatable bonds is 4. The molecule has 0 saturated heterocycles. The maximum Gasteiger partial charge on any atom is 0.341 e. The number of sulfone groups is 1. The summed E-state index contributed by atoms with van der Waals surface area (Å²) in [5, 5.41) is 8.71. The molecule has 7 heteroatoms. The molecule has 1 N–H and O–H groups in total. The van der Waals surface area contributed by atoms with E-state index < -0.39 is 32.4 Å². The molecule has 0 amide bonds. The van der Waals surface area contributed by atoms with Crippen LogP contribution in [0.25, 0.3) is 0 Å². The maximum atomic E-state index is 12.2. The molecule has 0 aliphatic rings. The molecule has 17 heavy (non-hydrogen) atoms. The van der Waals surface area contributed by atoms with Crippen LogP contribution < -0.4 is 0 Å². The number of hydrogen-bond donors (Lipinski definition) is 1. The third-order valence-corrected chi connectivity index (χ3v) is 3.71. The minimum atomic E-state index is -4.62. The van der Waals surface area contributed by atoms with Gasteiger partial charge in [0.15, 0.2) is 0 Å². The van der Waals surface area contributed by atoms with Gasteiger partial charge in [-0.1, -0.05) is 12.1 Å². The van der Waals surface area contributed by atoms with E-state index in [4.69, 9.17) is 5.11 Å². The van der Waals surface area contributed by atoms with Crippen LogP contribution in [-0.2, 0) is 14.6 Å². The summed E-state index contributed by atoms with van der Waals surface area (Å²) in [5.74, 6) is -5.38. The highest BCUT2D eigenvalue weighted by Crippen LogP contribution is 2.21. The van der Waals surface area contributed by atoms with Crippen molar-refractivity contribution in [3.8, 4) is 0 Å². The van der Waals surface area contributed by atoms with Gasteiger partial charge >= 0.3 is 11.7 Å². The summed E-state index contributed by atoms with van der Waals surface area (Å²) in [6.07, 6.45) is 0. The lowest BCUT2D eigenvalue weighted by Crippen LogP contribution is -2.12. The minimum Gasteiger partial charge on any atom is -0.481 e. The summed E-state index contributed by atoms with van der Waals surface area (Å²) in [4.78, 5) is 10.1. The highest BCUT2D eigenvalue weighted by Gasteiger charge is 2.26. The Morgan fingerprint density at radius 3 is 2.06 bits per heavy atom. The first kappa shape index (κ1) is 13.6. The highest BCUT2D eigenvalue weighted by molar-refractivity contribution is 7.91. The Morgan fingerprint density at radius 1 is 1.24 bits per heavy atom. The zero-order valence-electron chi connectivity index (χ0n) is 8.80. The van der Waals surface area contributed by atoms with Crippen molar-refractivity contribution in [2.24, 2.45) is 0 Å². The number of alkyl halides is 2. The standard InChI is InChI=1S/C10H10F2O4S/c1-6(9(13)14)7-2-4-8(5-3-7)17(15,16)10(11)12/h2-6,10H,1H3,(H,13,14). The smallest absolute Gasteiger partial charge is 0.341 e. The van der Waals surface area contributed by atoms with Crippen molar-refractivity contribution in [3.63, 3.8) is 0 Å². The zero-order chi connectivity index (χ0) is 13.2. The van der Waals surface area contributed by atoms with Gasteiger partial charge in [-0.3, -0.25) is 4.79 Å². The van der Waals surface area contributed by atoms with E-state index in [0.29, 0.717) is 5.56 Å². The molecule has 0 radical (unpaired) electrons. The Morgan fingerprint density at radius 2 is 1.71 bits per heavy atom.